The van der Waals surface area contributed by atoms with Gasteiger partial charge in [-0.2, -0.15) is 8.78 Å². The highest BCUT2D eigenvalue weighted by atomic mass is 32.2. The van der Waals surface area contributed by atoms with E-state index in [4.69, 9.17) is 0 Å². The monoisotopic (exact) mass is 399 g/mol. The van der Waals surface area contributed by atoms with Crippen molar-refractivity contribution in [1.29, 1.82) is 0 Å². The van der Waals surface area contributed by atoms with Crippen LogP contribution < -0.4 is 10.9 Å². The molecule has 136 valence electrons. The number of rotatable bonds is 5. The first-order chi connectivity index (χ1) is 12.3. The van der Waals surface area contributed by atoms with Gasteiger partial charge in [-0.15, -0.1) is 11.3 Å². The Kier molecular flexibility index (Phi) is 4.83. The summed E-state index contributed by atoms with van der Waals surface area (Å²) >= 11 is 1.31. The normalized spacial score (nSPS) is 11.8. The summed E-state index contributed by atoms with van der Waals surface area (Å²) in [7, 11) is -4.69. The molecule has 0 saturated carbocycles. The third kappa shape index (κ3) is 3.48. The Morgan fingerprint density at radius 3 is 2.58 bits per heavy atom. The molecule has 3 aromatic rings. The van der Waals surface area contributed by atoms with Gasteiger partial charge >= 0.3 is 5.76 Å². The van der Waals surface area contributed by atoms with Crippen molar-refractivity contribution in [2.75, 3.05) is 5.32 Å². The van der Waals surface area contributed by atoms with Crippen molar-refractivity contribution >= 4 is 43.0 Å². The lowest BCUT2D eigenvalue weighted by atomic mass is 10.3. The van der Waals surface area contributed by atoms with E-state index in [-0.39, 0.29) is 17.8 Å². The van der Waals surface area contributed by atoms with Gasteiger partial charge in [0.1, 0.15) is 11.4 Å². The van der Waals surface area contributed by atoms with Gasteiger partial charge in [-0.1, -0.05) is 0 Å². The molecule has 0 atom stereocenters. The van der Waals surface area contributed by atoms with Gasteiger partial charge in [-0.05, 0) is 35.7 Å². The van der Waals surface area contributed by atoms with Crippen LogP contribution in [0.25, 0.3) is 10.2 Å². The second-order valence-corrected chi connectivity index (χ2v) is 8.01. The fraction of sp³-hybridized carbons (Fsp3) is 0.133. The third-order valence-electron chi connectivity index (χ3n) is 3.47. The van der Waals surface area contributed by atoms with Crippen LogP contribution in [-0.4, -0.2) is 29.6 Å². The van der Waals surface area contributed by atoms with Gasteiger partial charge in [-0.3, -0.25) is 14.2 Å². The van der Waals surface area contributed by atoms with Crippen molar-refractivity contribution in [3.8, 4) is 0 Å². The highest BCUT2D eigenvalue weighted by Crippen LogP contribution is 2.20. The van der Waals surface area contributed by atoms with Gasteiger partial charge < -0.3 is 5.32 Å². The number of hydrogen-bond acceptors (Lipinski definition) is 6. The predicted octanol–water partition coefficient (Wildman–Crippen LogP) is 2.09. The molecule has 2 heterocycles. The molecular weight excluding hydrogens is 388 g/mol. The zero-order valence-corrected chi connectivity index (χ0v) is 14.6. The Hall–Kier alpha value is -2.66. The molecule has 1 amide bonds. The summed E-state index contributed by atoms with van der Waals surface area (Å²) in [5.74, 6) is -4.07. The number of amides is 1. The average molecular weight is 399 g/mol. The first-order valence-electron chi connectivity index (χ1n) is 7.13. The summed E-state index contributed by atoms with van der Waals surface area (Å²) in [6.07, 6.45) is 1.26. The number of benzene rings is 1. The first-order valence-corrected chi connectivity index (χ1v) is 9.56. The Balaban J connectivity index is 1.73. The maximum atomic E-state index is 12.5. The van der Waals surface area contributed by atoms with Gasteiger partial charge in [0.05, 0.1) is 16.6 Å². The van der Waals surface area contributed by atoms with Crippen LogP contribution in [0, 0.1) is 0 Å². The van der Waals surface area contributed by atoms with Crippen molar-refractivity contribution in [1.82, 2.24) is 9.55 Å². The van der Waals surface area contributed by atoms with Gasteiger partial charge in [-0.25, -0.2) is 13.4 Å². The van der Waals surface area contributed by atoms with E-state index in [2.05, 4.69) is 10.3 Å². The molecule has 0 bridgehead atoms. The first kappa shape index (κ1) is 18.1. The Labute approximate surface area is 149 Å². The molecule has 2 aromatic heterocycles. The summed E-state index contributed by atoms with van der Waals surface area (Å²) in [6, 6.07) is 5.95. The zero-order chi connectivity index (χ0) is 18.9. The Morgan fingerprint density at radius 1 is 1.23 bits per heavy atom. The molecule has 1 aromatic carbocycles. The van der Waals surface area contributed by atoms with Crippen molar-refractivity contribution in [3.05, 3.63) is 52.4 Å². The number of aromatic nitrogens is 2. The summed E-state index contributed by atoms with van der Waals surface area (Å²) < 4.78 is 48.8. The van der Waals surface area contributed by atoms with Crippen LogP contribution in [0.5, 0.6) is 0 Å². The molecule has 7 nitrogen and oxygen atoms in total. The molecule has 0 aliphatic heterocycles. The van der Waals surface area contributed by atoms with E-state index in [1.807, 2.05) is 0 Å². The maximum absolute atomic E-state index is 12.5. The highest BCUT2D eigenvalue weighted by Gasteiger charge is 2.26. The van der Waals surface area contributed by atoms with Gasteiger partial charge in [0, 0.05) is 5.69 Å². The third-order valence-corrected chi connectivity index (χ3v) is 5.68. The number of thiophene rings is 1. The Morgan fingerprint density at radius 2 is 1.92 bits per heavy atom. The van der Waals surface area contributed by atoms with Crippen LogP contribution in [0.3, 0.4) is 0 Å². The molecule has 0 aliphatic rings. The summed E-state index contributed by atoms with van der Waals surface area (Å²) in [5, 5.41) is 4.59. The van der Waals surface area contributed by atoms with E-state index in [1.54, 1.807) is 11.4 Å². The minimum atomic E-state index is -4.69. The molecular formula is C15H11F2N3O4S2. The molecule has 26 heavy (non-hydrogen) atoms. The van der Waals surface area contributed by atoms with Crippen LogP contribution >= 0.6 is 11.3 Å². The van der Waals surface area contributed by atoms with E-state index in [0.717, 1.165) is 16.7 Å². The number of halogens is 2. The topological polar surface area (TPSA) is 98.1 Å². The van der Waals surface area contributed by atoms with Crippen molar-refractivity contribution in [2.24, 2.45) is 0 Å². The van der Waals surface area contributed by atoms with Gasteiger partial charge in [0.25, 0.3) is 5.56 Å². The highest BCUT2D eigenvalue weighted by molar-refractivity contribution is 7.91. The maximum Gasteiger partial charge on any atom is 0.341 e. The van der Waals surface area contributed by atoms with E-state index < -0.39 is 26.4 Å². The SMILES string of the molecule is O=C(Cn1cnc2sccc2c1=O)Nc1ccc(S(=O)(=O)C(F)F)cc1. The smallest absolute Gasteiger partial charge is 0.325 e. The number of anilines is 1. The van der Waals surface area contributed by atoms with Crippen LogP contribution in [0.1, 0.15) is 0 Å². The number of alkyl halides is 2. The average Bonchev–Trinajstić information content (AvgIpc) is 3.07. The van der Waals surface area contributed by atoms with E-state index in [1.165, 1.54) is 29.8 Å². The zero-order valence-electron chi connectivity index (χ0n) is 12.9. The van der Waals surface area contributed by atoms with Crippen molar-refractivity contribution in [2.45, 2.75) is 17.2 Å². The fourth-order valence-electron chi connectivity index (χ4n) is 2.19. The van der Waals surface area contributed by atoms with Crippen LogP contribution in [0.15, 0.2) is 51.7 Å². The minimum Gasteiger partial charge on any atom is -0.325 e. The van der Waals surface area contributed by atoms with E-state index >= 15 is 0 Å². The largest absolute Gasteiger partial charge is 0.341 e. The summed E-state index contributed by atoms with van der Waals surface area (Å²) in [5.41, 5.74) is -0.148. The molecule has 0 aliphatic carbocycles. The lowest BCUT2D eigenvalue weighted by molar-refractivity contribution is -0.116. The van der Waals surface area contributed by atoms with Crippen LogP contribution in [-0.2, 0) is 21.2 Å². The molecule has 3 rings (SSSR count). The van der Waals surface area contributed by atoms with Crippen LogP contribution in [0.2, 0.25) is 0 Å². The molecule has 1 N–H and O–H groups in total. The van der Waals surface area contributed by atoms with Crippen molar-refractivity contribution in [3.63, 3.8) is 0 Å². The van der Waals surface area contributed by atoms with Gasteiger partial charge in [0.15, 0.2) is 0 Å². The molecule has 0 unspecified atom stereocenters. The number of nitrogens with one attached hydrogen (secondary N) is 1. The molecule has 0 saturated heterocycles. The Bertz CT molecular complexity index is 1120. The minimum absolute atomic E-state index is 0.209. The van der Waals surface area contributed by atoms with Gasteiger partial charge in [0.2, 0.25) is 15.7 Å². The molecule has 11 heteroatoms. The lowest BCUT2D eigenvalue weighted by Gasteiger charge is -2.08. The number of fused-ring (bicyclic) bond motifs is 1. The van der Waals surface area contributed by atoms with E-state index in [0.29, 0.717) is 10.2 Å². The van der Waals surface area contributed by atoms with Crippen LogP contribution in [0.4, 0.5) is 14.5 Å². The lowest BCUT2D eigenvalue weighted by Crippen LogP contribution is -2.27. The van der Waals surface area contributed by atoms with Crippen molar-refractivity contribution < 1.29 is 22.0 Å². The quantitative estimate of drug-likeness (QED) is 0.708. The summed E-state index contributed by atoms with van der Waals surface area (Å²) in [6.45, 7) is -0.297. The number of carbonyl (C=O) groups excluding carboxylic acids is 1. The standard InChI is InChI=1S/C15H11F2N3O4S2/c16-15(17)26(23,24)10-3-1-9(2-4-10)19-12(21)7-20-8-18-13-11(14(20)22)5-6-25-13/h1-6,8,15H,7H2,(H,19,21). The summed E-state index contributed by atoms with van der Waals surface area (Å²) in [4.78, 5) is 28.4. The predicted molar refractivity (Wildman–Crippen MR) is 92.1 cm³/mol. The number of hydrogen-bond donors (Lipinski definition) is 1. The number of nitrogens with zero attached hydrogens (tertiary/aromatic N) is 2. The molecule has 0 fully saturated rings. The second-order valence-electron chi connectivity index (χ2n) is 5.20. The number of sulfone groups is 1. The second kappa shape index (κ2) is 6.92. The number of carbonyl (C=O) groups is 1. The molecule has 0 radical (unpaired) electrons. The van der Waals surface area contributed by atoms with E-state index in [9.17, 15) is 26.8 Å². The molecule has 0 spiro atoms. The fourth-order valence-corrected chi connectivity index (χ4v) is 3.64.